The van der Waals surface area contributed by atoms with Crippen LogP contribution in [0.3, 0.4) is 0 Å². The molecule has 1 saturated heterocycles. The predicted molar refractivity (Wildman–Crippen MR) is 76.6 cm³/mol. The Morgan fingerprint density at radius 2 is 2.00 bits per heavy atom. The van der Waals surface area contributed by atoms with Crippen LogP contribution in [0, 0.1) is 12.7 Å². The minimum absolute atomic E-state index is 0.0265. The first kappa shape index (κ1) is 15.4. The lowest BCUT2D eigenvalue weighted by atomic mass is 10.2. The van der Waals surface area contributed by atoms with Gasteiger partial charge in [-0.3, -0.25) is 0 Å². The van der Waals surface area contributed by atoms with Crippen molar-refractivity contribution in [3.8, 4) is 0 Å². The molecule has 1 aliphatic heterocycles. The standard InChI is InChI=1S/C14H21FN2O2S/c1-12-5-6-13(15)11-14(12)20(18,19)16-7-4-10-17-8-2-3-9-17/h5-6,11,16H,2-4,7-10H2,1H3. The third-order valence-electron chi connectivity index (χ3n) is 3.58. The van der Waals surface area contributed by atoms with Crippen molar-refractivity contribution in [3.63, 3.8) is 0 Å². The summed E-state index contributed by atoms with van der Waals surface area (Å²) in [6.07, 6.45) is 3.23. The van der Waals surface area contributed by atoms with Crippen LogP contribution in [0.15, 0.2) is 23.1 Å². The maximum absolute atomic E-state index is 13.2. The molecule has 1 aromatic rings. The molecule has 0 unspecified atom stereocenters. The number of aryl methyl sites for hydroxylation is 1. The quantitative estimate of drug-likeness (QED) is 0.816. The SMILES string of the molecule is Cc1ccc(F)cc1S(=O)(=O)NCCCN1CCCC1. The number of nitrogens with zero attached hydrogens (tertiary/aromatic N) is 1. The Labute approximate surface area is 120 Å². The second-order valence-electron chi connectivity index (χ2n) is 5.21. The fourth-order valence-corrected chi connectivity index (χ4v) is 3.78. The molecule has 1 aromatic carbocycles. The van der Waals surface area contributed by atoms with Gasteiger partial charge in [0.25, 0.3) is 0 Å². The predicted octanol–water partition coefficient (Wildman–Crippen LogP) is 1.90. The van der Waals surface area contributed by atoms with Crippen LogP contribution in [0.4, 0.5) is 4.39 Å². The van der Waals surface area contributed by atoms with Crippen LogP contribution in [-0.4, -0.2) is 39.5 Å². The summed E-state index contributed by atoms with van der Waals surface area (Å²) < 4.78 is 39.9. The van der Waals surface area contributed by atoms with Crippen LogP contribution in [0.25, 0.3) is 0 Å². The summed E-state index contributed by atoms with van der Waals surface area (Å²) in [5.74, 6) is -0.534. The molecule has 4 nitrogen and oxygen atoms in total. The monoisotopic (exact) mass is 300 g/mol. The van der Waals surface area contributed by atoms with E-state index in [4.69, 9.17) is 0 Å². The largest absolute Gasteiger partial charge is 0.303 e. The van der Waals surface area contributed by atoms with Crippen molar-refractivity contribution < 1.29 is 12.8 Å². The highest BCUT2D eigenvalue weighted by Crippen LogP contribution is 2.16. The number of likely N-dealkylation sites (tertiary alicyclic amines) is 1. The molecule has 1 fully saturated rings. The third kappa shape index (κ3) is 4.01. The van der Waals surface area contributed by atoms with Gasteiger partial charge >= 0.3 is 0 Å². The van der Waals surface area contributed by atoms with Crippen molar-refractivity contribution in [1.29, 1.82) is 0 Å². The molecule has 0 amide bonds. The van der Waals surface area contributed by atoms with E-state index in [9.17, 15) is 12.8 Å². The summed E-state index contributed by atoms with van der Waals surface area (Å²) in [5, 5.41) is 0. The summed E-state index contributed by atoms with van der Waals surface area (Å²) in [6, 6.07) is 3.81. The molecule has 0 bridgehead atoms. The Bertz CT molecular complexity index is 554. The summed E-state index contributed by atoms with van der Waals surface area (Å²) in [4.78, 5) is 2.36. The van der Waals surface area contributed by atoms with E-state index in [2.05, 4.69) is 9.62 Å². The molecule has 20 heavy (non-hydrogen) atoms. The van der Waals surface area contributed by atoms with Gasteiger partial charge in [0.1, 0.15) is 5.82 Å². The summed E-state index contributed by atoms with van der Waals surface area (Å²) in [7, 11) is -3.62. The number of hydrogen-bond donors (Lipinski definition) is 1. The fourth-order valence-electron chi connectivity index (χ4n) is 2.46. The van der Waals surface area contributed by atoms with Gasteiger partial charge in [-0.1, -0.05) is 6.07 Å². The average molecular weight is 300 g/mol. The highest BCUT2D eigenvalue weighted by atomic mass is 32.2. The minimum atomic E-state index is -3.62. The molecular weight excluding hydrogens is 279 g/mol. The molecule has 0 atom stereocenters. The van der Waals surface area contributed by atoms with E-state index < -0.39 is 15.8 Å². The first-order chi connectivity index (χ1) is 9.49. The Morgan fingerprint density at radius 3 is 2.70 bits per heavy atom. The zero-order valence-electron chi connectivity index (χ0n) is 11.7. The van der Waals surface area contributed by atoms with Crippen LogP contribution in [-0.2, 0) is 10.0 Å². The van der Waals surface area contributed by atoms with Crippen LogP contribution in [0.1, 0.15) is 24.8 Å². The van der Waals surface area contributed by atoms with Crippen molar-refractivity contribution in [2.24, 2.45) is 0 Å². The Balaban J connectivity index is 1.88. The summed E-state index contributed by atoms with van der Waals surface area (Å²) >= 11 is 0. The Hall–Kier alpha value is -0.980. The van der Waals surface area contributed by atoms with Gasteiger partial charge in [-0.05, 0) is 63.5 Å². The Morgan fingerprint density at radius 1 is 1.30 bits per heavy atom. The van der Waals surface area contributed by atoms with Gasteiger partial charge < -0.3 is 4.90 Å². The van der Waals surface area contributed by atoms with E-state index in [0.29, 0.717) is 12.1 Å². The van der Waals surface area contributed by atoms with Crippen molar-refractivity contribution in [2.75, 3.05) is 26.2 Å². The van der Waals surface area contributed by atoms with Gasteiger partial charge in [-0.25, -0.2) is 17.5 Å². The molecule has 0 aliphatic carbocycles. The molecule has 0 radical (unpaired) electrons. The Kier molecular flexibility index (Phi) is 5.12. The van der Waals surface area contributed by atoms with Crippen molar-refractivity contribution in [2.45, 2.75) is 31.1 Å². The van der Waals surface area contributed by atoms with E-state index >= 15 is 0 Å². The van der Waals surface area contributed by atoms with Gasteiger partial charge in [0.2, 0.25) is 10.0 Å². The second kappa shape index (κ2) is 6.65. The van der Waals surface area contributed by atoms with E-state index in [-0.39, 0.29) is 4.90 Å². The van der Waals surface area contributed by atoms with Crippen molar-refractivity contribution in [1.82, 2.24) is 9.62 Å². The lowest BCUT2D eigenvalue weighted by Crippen LogP contribution is -2.29. The molecular formula is C14H21FN2O2S. The maximum Gasteiger partial charge on any atom is 0.240 e. The molecule has 2 rings (SSSR count). The lowest BCUT2D eigenvalue weighted by Gasteiger charge is -2.14. The molecule has 0 aromatic heterocycles. The van der Waals surface area contributed by atoms with Gasteiger partial charge in [-0.15, -0.1) is 0 Å². The highest BCUT2D eigenvalue weighted by Gasteiger charge is 2.17. The van der Waals surface area contributed by atoms with Gasteiger partial charge in [0.15, 0.2) is 0 Å². The van der Waals surface area contributed by atoms with Gasteiger partial charge in [0.05, 0.1) is 4.90 Å². The zero-order chi connectivity index (χ0) is 14.6. The first-order valence-corrected chi connectivity index (χ1v) is 8.45. The van der Waals surface area contributed by atoms with E-state index in [1.807, 2.05) is 0 Å². The molecule has 1 aliphatic rings. The van der Waals surface area contributed by atoms with E-state index in [1.54, 1.807) is 6.92 Å². The number of hydrogen-bond acceptors (Lipinski definition) is 3. The lowest BCUT2D eigenvalue weighted by molar-refractivity contribution is 0.334. The number of halogens is 1. The first-order valence-electron chi connectivity index (χ1n) is 6.97. The number of nitrogens with one attached hydrogen (secondary N) is 1. The topological polar surface area (TPSA) is 49.4 Å². The normalized spacial score (nSPS) is 16.7. The van der Waals surface area contributed by atoms with Crippen LogP contribution in [0.2, 0.25) is 0 Å². The average Bonchev–Trinajstić information content (AvgIpc) is 2.90. The van der Waals surface area contributed by atoms with E-state index in [0.717, 1.165) is 32.1 Å². The number of sulfonamides is 1. The third-order valence-corrected chi connectivity index (χ3v) is 5.18. The zero-order valence-corrected chi connectivity index (χ0v) is 12.5. The van der Waals surface area contributed by atoms with Crippen molar-refractivity contribution in [3.05, 3.63) is 29.6 Å². The highest BCUT2D eigenvalue weighted by molar-refractivity contribution is 7.89. The summed E-state index contributed by atoms with van der Waals surface area (Å²) in [6.45, 7) is 5.17. The molecule has 112 valence electrons. The minimum Gasteiger partial charge on any atom is -0.303 e. The van der Waals surface area contributed by atoms with Crippen LogP contribution in [0.5, 0.6) is 0 Å². The second-order valence-corrected chi connectivity index (χ2v) is 6.95. The fraction of sp³-hybridized carbons (Fsp3) is 0.571. The van der Waals surface area contributed by atoms with Gasteiger partial charge in [-0.2, -0.15) is 0 Å². The molecule has 1 N–H and O–H groups in total. The van der Waals surface area contributed by atoms with Crippen molar-refractivity contribution >= 4 is 10.0 Å². The maximum atomic E-state index is 13.2. The number of benzene rings is 1. The van der Waals surface area contributed by atoms with E-state index in [1.165, 1.54) is 25.0 Å². The van der Waals surface area contributed by atoms with Crippen LogP contribution >= 0.6 is 0 Å². The summed E-state index contributed by atoms with van der Waals surface area (Å²) in [5.41, 5.74) is 0.554. The molecule has 1 heterocycles. The molecule has 0 spiro atoms. The van der Waals surface area contributed by atoms with Crippen LogP contribution < -0.4 is 4.72 Å². The smallest absolute Gasteiger partial charge is 0.240 e. The molecule has 6 heteroatoms. The van der Waals surface area contributed by atoms with Gasteiger partial charge in [0, 0.05) is 6.54 Å². The number of rotatable bonds is 6. The molecule has 0 saturated carbocycles.